The minimum Gasteiger partial charge on any atom is -0.471 e. The van der Waals surface area contributed by atoms with Gasteiger partial charge in [-0.25, -0.2) is 4.79 Å². The molecule has 28 heavy (non-hydrogen) atoms. The van der Waals surface area contributed by atoms with Crippen LogP contribution in [0.1, 0.15) is 32.3 Å². The third-order valence-corrected chi connectivity index (χ3v) is 4.70. The van der Waals surface area contributed by atoms with Gasteiger partial charge in [0, 0.05) is 13.1 Å². The quantitative estimate of drug-likeness (QED) is 0.734. The van der Waals surface area contributed by atoms with Crippen LogP contribution in [0.15, 0.2) is 48.5 Å². The predicted molar refractivity (Wildman–Crippen MR) is 112 cm³/mol. The minimum absolute atomic E-state index is 0.299. The summed E-state index contributed by atoms with van der Waals surface area (Å²) in [5.41, 5.74) is 3.03. The highest BCUT2D eigenvalue weighted by Gasteiger charge is 2.16. The number of nitrogens with zero attached hydrogens (tertiary/aromatic N) is 1. The molecule has 3 rings (SSSR count). The van der Waals surface area contributed by atoms with Gasteiger partial charge in [-0.15, -0.1) is 0 Å². The van der Waals surface area contributed by atoms with Gasteiger partial charge in [-0.05, 0) is 42.7 Å². The number of benzene rings is 2. The van der Waals surface area contributed by atoms with Crippen molar-refractivity contribution in [3.8, 4) is 5.75 Å². The molecule has 1 saturated heterocycles. The van der Waals surface area contributed by atoms with E-state index in [1.807, 2.05) is 55.5 Å². The standard InChI is InChI=1S/C22H29N3O3/c1-16(2)18-8-10-19(11-9-18)28-17(3)23-22(26)24-20-6-4-5-7-21(20)25-12-14-27-15-13-25/h4-11,16-17H,12-15H2,1-3H3,(H2,23,24,26). The largest absolute Gasteiger partial charge is 0.471 e. The van der Waals surface area contributed by atoms with Gasteiger partial charge in [0.05, 0.1) is 24.6 Å². The third-order valence-electron chi connectivity index (χ3n) is 4.70. The second-order valence-corrected chi connectivity index (χ2v) is 7.20. The Kier molecular flexibility index (Phi) is 6.76. The van der Waals surface area contributed by atoms with E-state index >= 15 is 0 Å². The molecule has 0 aromatic heterocycles. The molecule has 6 heteroatoms. The molecular formula is C22H29N3O3. The van der Waals surface area contributed by atoms with Gasteiger partial charge in [-0.3, -0.25) is 0 Å². The van der Waals surface area contributed by atoms with Crippen molar-refractivity contribution >= 4 is 17.4 Å². The molecule has 2 aromatic carbocycles. The first kappa shape index (κ1) is 20.0. The van der Waals surface area contributed by atoms with E-state index in [1.165, 1.54) is 5.56 Å². The molecule has 1 aliphatic heterocycles. The Morgan fingerprint density at radius 2 is 1.71 bits per heavy atom. The summed E-state index contributed by atoms with van der Waals surface area (Å²) in [5.74, 6) is 1.20. The Bertz CT molecular complexity index is 771. The fourth-order valence-electron chi connectivity index (χ4n) is 3.17. The zero-order chi connectivity index (χ0) is 19.9. The van der Waals surface area contributed by atoms with Gasteiger partial charge in [0.15, 0.2) is 6.23 Å². The highest BCUT2D eigenvalue weighted by molar-refractivity contribution is 5.93. The molecule has 1 fully saturated rings. The lowest BCUT2D eigenvalue weighted by molar-refractivity contribution is 0.123. The fraction of sp³-hybridized carbons (Fsp3) is 0.409. The number of nitrogens with one attached hydrogen (secondary N) is 2. The Morgan fingerprint density at radius 3 is 2.39 bits per heavy atom. The molecule has 1 atom stereocenters. The number of rotatable bonds is 6. The van der Waals surface area contributed by atoms with Crippen molar-refractivity contribution in [2.45, 2.75) is 32.9 Å². The second kappa shape index (κ2) is 9.46. The lowest BCUT2D eigenvalue weighted by Crippen LogP contribution is -2.40. The molecule has 0 radical (unpaired) electrons. The highest BCUT2D eigenvalue weighted by Crippen LogP contribution is 2.26. The Labute approximate surface area is 166 Å². The number of amides is 2. The average molecular weight is 383 g/mol. The maximum atomic E-state index is 12.4. The SMILES string of the molecule is CC(NC(=O)Nc1ccccc1N1CCOCC1)Oc1ccc(C(C)C)cc1. The van der Waals surface area contributed by atoms with E-state index in [0.717, 1.165) is 30.2 Å². The molecule has 1 aliphatic rings. The smallest absolute Gasteiger partial charge is 0.322 e. The molecule has 0 saturated carbocycles. The van der Waals surface area contributed by atoms with E-state index in [9.17, 15) is 4.79 Å². The van der Waals surface area contributed by atoms with Crippen LogP contribution >= 0.6 is 0 Å². The molecule has 0 aliphatic carbocycles. The maximum Gasteiger partial charge on any atom is 0.322 e. The normalized spacial score (nSPS) is 15.2. The van der Waals surface area contributed by atoms with Crippen LogP contribution in [0.5, 0.6) is 5.75 Å². The first-order valence-electron chi connectivity index (χ1n) is 9.79. The molecule has 0 bridgehead atoms. The fourth-order valence-corrected chi connectivity index (χ4v) is 3.17. The summed E-state index contributed by atoms with van der Waals surface area (Å²) in [6, 6.07) is 15.5. The zero-order valence-electron chi connectivity index (χ0n) is 16.8. The van der Waals surface area contributed by atoms with Crippen molar-refractivity contribution in [2.75, 3.05) is 36.5 Å². The molecule has 1 heterocycles. The molecule has 6 nitrogen and oxygen atoms in total. The van der Waals surface area contributed by atoms with E-state index in [1.54, 1.807) is 0 Å². The van der Waals surface area contributed by atoms with Gasteiger partial charge in [0.2, 0.25) is 0 Å². The summed E-state index contributed by atoms with van der Waals surface area (Å²) in [6.07, 6.45) is -0.458. The van der Waals surface area contributed by atoms with E-state index in [0.29, 0.717) is 19.1 Å². The lowest BCUT2D eigenvalue weighted by Gasteiger charge is -2.30. The number of ether oxygens (including phenoxy) is 2. The molecule has 2 aromatic rings. The first-order chi connectivity index (χ1) is 13.5. The summed E-state index contributed by atoms with van der Waals surface area (Å²) in [6.45, 7) is 9.13. The third kappa shape index (κ3) is 5.39. The van der Waals surface area contributed by atoms with Crippen LogP contribution in [0.2, 0.25) is 0 Å². The van der Waals surface area contributed by atoms with Crippen LogP contribution in [-0.4, -0.2) is 38.6 Å². The second-order valence-electron chi connectivity index (χ2n) is 7.20. The van der Waals surface area contributed by atoms with Crippen LogP contribution in [-0.2, 0) is 4.74 Å². The van der Waals surface area contributed by atoms with E-state index in [4.69, 9.17) is 9.47 Å². The summed E-state index contributed by atoms with van der Waals surface area (Å²) in [4.78, 5) is 14.7. The zero-order valence-corrected chi connectivity index (χ0v) is 16.8. The van der Waals surface area contributed by atoms with E-state index in [-0.39, 0.29) is 6.03 Å². The van der Waals surface area contributed by atoms with Crippen LogP contribution < -0.4 is 20.3 Å². The number of para-hydroxylation sites is 2. The Balaban J connectivity index is 1.56. The molecule has 2 amide bonds. The molecule has 150 valence electrons. The van der Waals surface area contributed by atoms with Crippen molar-refractivity contribution < 1.29 is 14.3 Å². The molecule has 2 N–H and O–H groups in total. The van der Waals surface area contributed by atoms with Gasteiger partial charge < -0.3 is 25.0 Å². The highest BCUT2D eigenvalue weighted by atomic mass is 16.5. The number of carbonyl (C=O) groups excluding carboxylic acids is 1. The number of hydrogen-bond donors (Lipinski definition) is 2. The van der Waals surface area contributed by atoms with Gasteiger partial charge in [0.25, 0.3) is 0 Å². The maximum absolute atomic E-state index is 12.4. The molecular weight excluding hydrogens is 354 g/mol. The van der Waals surface area contributed by atoms with Gasteiger partial charge in [-0.2, -0.15) is 0 Å². The number of urea groups is 1. The van der Waals surface area contributed by atoms with Crippen molar-refractivity contribution in [3.05, 3.63) is 54.1 Å². The number of anilines is 2. The van der Waals surface area contributed by atoms with Crippen molar-refractivity contribution in [2.24, 2.45) is 0 Å². The summed E-state index contributed by atoms with van der Waals surface area (Å²) < 4.78 is 11.2. The van der Waals surface area contributed by atoms with Crippen LogP contribution in [0.4, 0.5) is 16.2 Å². The predicted octanol–water partition coefficient (Wildman–Crippen LogP) is 4.19. The Morgan fingerprint density at radius 1 is 1.04 bits per heavy atom. The van der Waals surface area contributed by atoms with Crippen LogP contribution in [0.25, 0.3) is 0 Å². The monoisotopic (exact) mass is 383 g/mol. The van der Waals surface area contributed by atoms with Crippen molar-refractivity contribution in [3.63, 3.8) is 0 Å². The van der Waals surface area contributed by atoms with Crippen molar-refractivity contribution in [1.29, 1.82) is 0 Å². The average Bonchev–Trinajstić information content (AvgIpc) is 2.69. The lowest BCUT2D eigenvalue weighted by atomic mass is 10.0. The van der Waals surface area contributed by atoms with Crippen LogP contribution in [0.3, 0.4) is 0 Å². The molecule has 0 spiro atoms. The van der Waals surface area contributed by atoms with E-state index < -0.39 is 6.23 Å². The molecule has 1 unspecified atom stereocenters. The first-order valence-corrected chi connectivity index (χ1v) is 9.79. The summed E-state index contributed by atoms with van der Waals surface area (Å²) in [5, 5.41) is 5.76. The number of morpholine rings is 1. The van der Waals surface area contributed by atoms with Crippen molar-refractivity contribution in [1.82, 2.24) is 5.32 Å². The Hall–Kier alpha value is -2.73. The summed E-state index contributed by atoms with van der Waals surface area (Å²) in [7, 11) is 0. The summed E-state index contributed by atoms with van der Waals surface area (Å²) >= 11 is 0. The van der Waals surface area contributed by atoms with E-state index in [2.05, 4.69) is 29.4 Å². The van der Waals surface area contributed by atoms with Gasteiger partial charge in [0.1, 0.15) is 5.75 Å². The minimum atomic E-state index is -0.458. The number of hydrogen-bond acceptors (Lipinski definition) is 4. The van der Waals surface area contributed by atoms with Crippen LogP contribution in [0, 0.1) is 0 Å². The topological polar surface area (TPSA) is 62.8 Å². The van der Waals surface area contributed by atoms with Gasteiger partial charge in [-0.1, -0.05) is 38.1 Å². The van der Waals surface area contributed by atoms with Gasteiger partial charge >= 0.3 is 6.03 Å². The number of carbonyl (C=O) groups is 1.